The van der Waals surface area contributed by atoms with Crippen LogP contribution in [-0.4, -0.2) is 49.2 Å². The highest BCUT2D eigenvalue weighted by molar-refractivity contribution is 5.97. The molecule has 25 heavy (non-hydrogen) atoms. The highest BCUT2D eigenvalue weighted by Gasteiger charge is 2.30. The molecule has 6 nitrogen and oxygen atoms in total. The van der Waals surface area contributed by atoms with Crippen molar-refractivity contribution in [1.29, 1.82) is 0 Å². The van der Waals surface area contributed by atoms with Crippen molar-refractivity contribution < 1.29 is 23.4 Å². The fraction of sp³-hybridized carbons (Fsp3) is 0.333. The number of carbonyl (C=O) groups is 1. The number of aromatic nitrogens is 1. The van der Waals surface area contributed by atoms with Gasteiger partial charge in [-0.05, 0) is 18.2 Å². The molecule has 3 rings (SSSR count). The smallest absolute Gasteiger partial charge is 0.257 e. The zero-order chi connectivity index (χ0) is 17.8. The van der Waals surface area contributed by atoms with Crippen LogP contribution in [0.5, 0.6) is 17.4 Å². The van der Waals surface area contributed by atoms with E-state index in [1.807, 2.05) is 0 Å². The van der Waals surface area contributed by atoms with Gasteiger partial charge in [0.25, 0.3) is 5.91 Å². The quantitative estimate of drug-likeness (QED) is 0.779. The highest BCUT2D eigenvalue weighted by atomic mass is 19.1. The lowest BCUT2D eigenvalue weighted by Crippen LogP contribution is -2.31. The van der Waals surface area contributed by atoms with E-state index in [0.29, 0.717) is 36.6 Å². The third kappa shape index (κ3) is 3.81. The molecule has 0 saturated carbocycles. The summed E-state index contributed by atoms with van der Waals surface area (Å²) < 4.78 is 29.2. The van der Waals surface area contributed by atoms with Crippen LogP contribution < -0.4 is 14.2 Å². The number of hydrogen-bond acceptors (Lipinski definition) is 5. The van der Waals surface area contributed by atoms with Crippen molar-refractivity contribution in [3.63, 3.8) is 0 Å². The van der Waals surface area contributed by atoms with Crippen LogP contribution in [0.25, 0.3) is 0 Å². The van der Waals surface area contributed by atoms with Gasteiger partial charge in [-0.15, -0.1) is 0 Å². The van der Waals surface area contributed by atoms with Gasteiger partial charge in [-0.2, -0.15) is 9.37 Å². The number of nitrogens with zero attached hydrogens (tertiary/aromatic N) is 2. The summed E-state index contributed by atoms with van der Waals surface area (Å²) in [5.41, 5.74) is 0.466. The SMILES string of the molecule is COc1ccc(C(=O)N2CCC(Oc3cccc(F)n3)C2)c(OC)c1. The summed E-state index contributed by atoms with van der Waals surface area (Å²) in [6, 6.07) is 9.47. The first-order valence-corrected chi connectivity index (χ1v) is 7.91. The largest absolute Gasteiger partial charge is 0.497 e. The lowest BCUT2D eigenvalue weighted by Gasteiger charge is -2.18. The van der Waals surface area contributed by atoms with Crippen molar-refractivity contribution in [1.82, 2.24) is 9.88 Å². The molecule has 1 aromatic heterocycles. The van der Waals surface area contributed by atoms with Gasteiger partial charge in [0.2, 0.25) is 11.8 Å². The third-order valence-electron chi connectivity index (χ3n) is 4.05. The van der Waals surface area contributed by atoms with Gasteiger partial charge in [0.15, 0.2) is 0 Å². The van der Waals surface area contributed by atoms with E-state index in [1.165, 1.54) is 19.2 Å². The van der Waals surface area contributed by atoms with E-state index in [0.717, 1.165) is 0 Å². The van der Waals surface area contributed by atoms with E-state index in [2.05, 4.69) is 4.98 Å². The van der Waals surface area contributed by atoms with Crippen LogP contribution in [-0.2, 0) is 0 Å². The fourth-order valence-corrected chi connectivity index (χ4v) is 2.78. The Balaban J connectivity index is 1.68. The maximum Gasteiger partial charge on any atom is 0.257 e. The first-order valence-electron chi connectivity index (χ1n) is 7.91. The number of ether oxygens (including phenoxy) is 3. The minimum absolute atomic E-state index is 0.141. The second-order valence-corrected chi connectivity index (χ2v) is 5.64. The molecule has 0 N–H and O–H groups in total. The zero-order valence-electron chi connectivity index (χ0n) is 14.1. The van der Waals surface area contributed by atoms with Crippen LogP contribution in [0.15, 0.2) is 36.4 Å². The molecule has 2 aromatic rings. The second-order valence-electron chi connectivity index (χ2n) is 5.64. The summed E-state index contributed by atoms with van der Waals surface area (Å²) in [5.74, 6) is 0.569. The molecule has 1 atom stereocenters. The topological polar surface area (TPSA) is 60.9 Å². The summed E-state index contributed by atoms with van der Waals surface area (Å²) in [6.45, 7) is 0.959. The number of amides is 1. The molecule has 0 bridgehead atoms. The van der Waals surface area contributed by atoms with Crippen LogP contribution in [0.2, 0.25) is 0 Å². The molecular weight excluding hydrogens is 327 g/mol. The van der Waals surface area contributed by atoms with Gasteiger partial charge in [0.05, 0.1) is 26.3 Å². The molecule has 1 amide bonds. The predicted octanol–water partition coefficient (Wildman–Crippen LogP) is 2.53. The van der Waals surface area contributed by atoms with Crippen LogP contribution >= 0.6 is 0 Å². The second kappa shape index (κ2) is 7.38. The lowest BCUT2D eigenvalue weighted by atomic mass is 10.1. The first kappa shape index (κ1) is 17.0. The molecule has 0 aliphatic carbocycles. The van der Waals surface area contributed by atoms with Crippen molar-refractivity contribution in [3.8, 4) is 17.4 Å². The van der Waals surface area contributed by atoms with E-state index in [4.69, 9.17) is 14.2 Å². The summed E-state index contributed by atoms with van der Waals surface area (Å²) in [6.07, 6.45) is 0.435. The summed E-state index contributed by atoms with van der Waals surface area (Å²) in [4.78, 5) is 18.1. The van der Waals surface area contributed by atoms with Crippen LogP contribution in [0, 0.1) is 5.95 Å². The van der Waals surface area contributed by atoms with Crippen LogP contribution in [0.4, 0.5) is 4.39 Å². The van der Waals surface area contributed by atoms with Crippen LogP contribution in [0.1, 0.15) is 16.8 Å². The van der Waals surface area contributed by atoms with Crippen molar-refractivity contribution in [2.75, 3.05) is 27.3 Å². The number of rotatable bonds is 5. The Morgan fingerprint density at radius 2 is 2.08 bits per heavy atom. The van der Waals surface area contributed by atoms with Gasteiger partial charge in [0, 0.05) is 25.1 Å². The van der Waals surface area contributed by atoms with Gasteiger partial charge in [-0.1, -0.05) is 6.07 Å². The maximum atomic E-state index is 13.1. The van der Waals surface area contributed by atoms with E-state index < -0.39 is 5.95 Å². The monoisotopic (exact) mass is 346 g/mol. The number of halogens is 1. The molecule has 1 unspecified atom stereocenters. The number of likely N-dealkylation sites (tertiary alicyclic amines) is 1. The van der Waals surface area contributed by atoms with E-state index in [1.54, 1.807) is 36.3 Å². The molecule has 1 aliphatic heterocycles. The molecule has 1 fully saturated rings. The molecule has 0 radical (unpaired) electrons. The first-order chi connectivity index (χ1) is 12.1. The van der Waals surface area contributed by atoms with Gasteiger partial charge in [-0.3, -0.25) is 4.79 Å². The molecule has 1 aromatic carbocycles. The predicted molar refractivity (Wildman–Crippen MR) is 88.7 cm³/mol. The zero-order valence-corrected chi connectivity index (χ0v) is 14.1. The Morgan fingerprint density at radius 3 is 2.80 bits per heavy atom. The number of hydrogen-bond donors (Lipinski definition) is 0. The number of pyridine rings is 1. The molecule has 0 spiro atoms. The fourth-order valence-electron chi connectivity index (χ4n) is 2.78. The van der Waals surface area contributed by atoms with Crippen molar-refractivity contribution in [3.05, 3.63) is 47.9 Å². The van der Waals surface area contributed by atoms with E-state index in [9.17, 15) is 9.18 Å². The average molecular weight is 346 g/mol. The normalized spacial score (nSPS) is 16.6. The van der Waals surface area contributed by atoms with Gasteiger partial charge in [0.1, 0.15) is 17.6 Å². The third-order valence-corrected chi connectivity index (χ3v) is 4.05. The minimum atomic E-state index is -0.591. The summed E-state index contributed by atoms with van der Waals surface area (Å²) >= 11 is 0. The minimum Gasteiger partial charge on any atom is -0.497 e. The van der Waals surface area contributed by atoms with Gasteiger partial charge >= 0.3 is 0 Å². The average Bonchev–Trinajstić information content (AvgIpc) is 3.09. The van der Waals surface area contributed by atoms with Gasteiger partial charge < -0.3 is 19.1 Å². The number of methoxy groups -OCH3 is 2. The summed E-state index contributed by atoms with van der Waals surface area (Å²) in [5, 5.41) is 0. The Kier molecular flexibility index (Phi) is 5.02. The molecule has 7 heteroatoms. The van der Waals surface area contributed by atoms with Crippen molar-refractivity contribution in [2.45, 2.75) is 12.5 Å². The van der Waals surface area contributed by atoms with E-state index >= 15 is 0 Å². The Morgan fingerprint density at radius 1 is 1.24 bits per heavy atom. The number of carbonyl (C=O) groups excluding carboxylic acids is 1. The van der Waals surface area contributed by atoms with Gasteiger partial charge in [-0.25, -0.2) is 0 Å². The standard InChI is InChI=1S/C18H19FN2O4/c1-23-12-6-7-14(15(10-12)24-2)18(22)21-9-8-13(11-21)25-17-5-3-4-16(19)20-17/h3-7,10,13H,8-9,11H2,1-2H3. The molecule has 2 heterocycles. The molecular formula is C18H19FN2O4. The summed E-state index contributed by atoms with van der Waals surface area (Å²) in [7, 11) is 3.07. The van der Waals surface area contributed by atoms with E-state index in [-0.39, 0.29) is 17.9 Å². The Hall–Kier alpha value is -2.83. The number of benzene rings is 1. The Bertz CT molecular complexity index is 768. The van der Waals surface area contributed by atoms with Crippen molar-refractivity contribution >= 4 is 5.91 Å². The Labute approximate surface area is 145 Å². The molecule has 1 saturated heterocycles. The van der Waals surface area contributed by atoms with Crippen LogP contribution in [0.3, 0.4) is 0 Å². The van der Waals surface area contributed by atoms with Crippen molar-refractivity contribution in [2.24, 2.45) is 0 Å². The molecule has 1 aliphatic rings. The maximum absolute atomic E-state index is 13.1. The highest BCUT2D eigenvalue weighted by Crippen LogP contribution is 2.27. The molecule has 132 valence electrons. The lowest BCUT2D eigenvalue weighted by molar-refractivity contribution is 0.0767.